The predicted octanol–water partition coefficient (Wildman–Crippen LogP) is 3.52. The van der Waals surface area contributed by atoms with E-state index in [1.54, 1.807) is 6.08 Å². The number of nitrogens with zero attached hydrogens (tertiary/aromatic N) is 6. The number of anilines is 4. The summed E-state index contributed by atoms with van der Waals surface area (Å²) in [4.78, 5) is 31.0. The fraction of sp³-hybridized carbons (Fsp3) is 0.524. The lowest BCUT2D eigenvalue weighted by Gasteiger charge is -2.32. The van der Waals surface area contributed by atoms with Crippen molar-refractivity contribution in [2.75, 3.05) is 68.4 Å². The van der Waals surface area contributed by atoms with Crippen LogP contribution in [0.2, 0.25) is 0 Å². The molecule has 0 saturated carbocycles. The fourth-order valence-corrected chi connectivity index (χ4v) is 4.52. The molecular weight excluding hydrogens is 485 g/mol. The molecule has 1 fully saturated rings. The molecule has 2 aromatic heterocycles. The minimum Gasteiger partial charge on any atom is -0.418 e. The van der Waals surface area contributed by atoms with Crippen LogP contribution in [0.4, 0.5) is 40.7 Å². The Morgan fingerprint density at radius 2 is 1.94 bits per heavy atom. The quantitative estimate of drug-likeness (QED) is 0.515. The molecule has 35 heavy (non-hydrogen) atoms. The monoisotopic (exact) mass is 512 g/mol. The lowest BCUT2D eigenvalue weighted by atomic mass is 10.3. The Kier molecular flexibility index (Phi) is 7.60. The molecule has 14 heteroatoms. The van der Waals surface area contributed by atoms with Gasteiger partial charge >= 0.3 is 12.3 Å². The van der Waals surface area contributed by atoms with Crippen LogP contribution in [-0.2, 0) is 10.9 Å². The third kappa shape index (κ3) is 6.31. The van der Waals surface area contributed by atoms with Crippen LogP contribution in [0.3, 0.4) is 0 Å². The van der Waals surface area contributed by atoms with Gasteiger partial charge in [0.25, 0.3) is 0 Å². The number of piperazine rings is 1. The fourth-order valence-electron chi connectivity index (χ4n) is 3.61. The van der Waals surface area contributed by atoms with E-state index in [1.807, 2.05) is 6.92 Å². The molecule has 0 radical (unpaired) electrons. The highest BCUT2D eigenvalue weighted by atomic mass is 32.1. The van der Waals surface area contributed by atoms with Crippen LogP contribution in [0.1, 0.15) is 16.9 Å². The molecule has 0 bridgehead atoms. The molecule has 1 amide bonds. The number of amides is 1. The van der Waals surface area contributed by atoms with Crippen LogP contribution in [0.5, 0.6) is 0 Å². The van der Waals surface area contributed by atoms with Crippen LogP contribution in [0.15, 0.2) is 18.5 Å². The number of ether oxygens (including phenoxy) is 1. The zero-order valence-electron chi connectivity index (χ0n) is 19.4. The smallest absolute Gasteiger partial charge is 0.418 e. The van der Waals surface area contributed by atoms with E-state index < -0.39 is 17.8 Å². The van der Waals surface area contributed by atoms with Gasteiger partial charge in [0.2, 0.25) is 5.95 Å². The number of hydrogen-bond acceptors (Lipinski definition) is 10. The van der Waals surface area contributed by atoms with Gasteiger partial charge in [-0.15, -0.1) is 0 Å². The van der Waals surface area contributed by atoms with Crippen LogP contribution in [0, 0.1) is 6.92 Å². The molecule has 1 saturated heterocycles. The van der Waals surface area contributed by atoms with Crippen molar-refractivity contribution in [1.82, 2.24) is 24.8 Å². The number of alkyl halides is 3. The molecular formula is C21H27F3N8O2S. The van der Waals surface area contributed by atoms with Crippen molar-refractivity contribution in [1.29, 1.82) is 0 Å². The first-order valence-corrected chi connectivity index (χ1v) is 12.0. The van der Waals surface area contributed by atoms with Gasteiger partial charge < -0.3 is 30.1 Å². The summed E-state index contributed by atoms with van der Waals surface area (Å²) >= 11 is 1.52. The van der Waals surface area contributed by atoms with Crippen LogP contribution in [-0.4, -0.2) is 83.7 Å². The number of hydrogen-bond donors (Lipinski definition) is 2. The van der Waals surface area contributed by atoms with Gasteiger partial charge in [-0.25, -0.2) is 14.8 Å². The molecule has 2 aromatic rings. The summed E-state index contributed by atoms with van der Waals surface area (Å²) in [5.41, 5.74) is -0.962. The van der Waals surface area contributed by atoms with Gasteiger partial charge in [0.1, 0.15) is 17.2 Å². The van der Waals surface area contributed by atoms with Crippen LogP contribution >= 0.6 is 11.3 Å². The average Bonchev–Trinajstić information content (AvgIpc) is 3.17. The Hall–Kier alpha value is -3.13. The maximum absolute atomic E-state index is 13.5. The Morgan fingerprint density at radius 1 is 1.17 bits per heavy atom. The van der Waals surface area contributed by atoms with E-state index in [2.05, 4.69) is 42.4 Å². The number of halogens is 3. The molecule has 4 heterocycles. The third-order valence-electron chi connectivity index (χ3n) is 5.63. The van der Waals surface area contributed by atoms with Crippen molar-refractivity contribution in [2.24, 2.45) is 0 Å². The predicted molar refractivity (Wildman–Crippen MR) is 127 cm³/mol. The first-order valence-electron chi connectivity index (χ1n) is 11.2. The van der Waals surface area contributed by atoms with Gasteiger partial charge in [0.05, 0.1) is 6.26 Å². The first-order chi connectivity index (χ1) is 16.7. The average molecular weight is 513 g/mol. The number of aromatic nitrogens is 3. The normalized spacial score (nSPS) is 17.0. The third-order valence-corrected chi connectivity index (χ3v) is 6.66. The second kappa shape index (κ2) is 10.6. The van der Waals surface area contributed by atoms with Gasteiger partial charge in [-0.2, -0.15) is 18.2 Å². The van der Waals surface area contributed by atoms with Gasteiger partial charge in [-0.05, 0) is 26.5 Å². The summed E-state index contributed by atoms with van der Waals surface area (Å²) < 4.78 is 45.4. The van der Waals surface area contributed by atoms with Crippen molar-refractivity contribution in [3.8, 4) is 0 Å². The van der Waals surface area contributed by atoms with E-state index in [4.69, 9.17) is 4.74 Å². The Balaban J connectivity index is 1.43. The highest BCUT2D eigenvalue weighted by Gasteiger charge is 2.35. The van der Waals surface area contributed by atoms with Crippen LogP contribution in [0.25, 0.3) is 0 Å². The standard InChI is InChI=1S/C21H27F3N8O2S/c1-14-16(29-19(35-14)31-10-8-30(2)9-11-31)27-18-26-13-15(21(22,23)24)17(28-18)25-5-3-6-32-7-4-12-34-20(32)33/h4,12-13H,3,5-11H2,1-2H3,(H2,25,26,27,28). The highest BCUT2D eigenvalue weighted by molar-refractivity contribution is 7.16. The minimum atomic E-state index is -4.62. The first kappa shape index (κ1) is 25.0. The number of rotatable bonds is 8. The molecule has 0 unspecified atom stereocenters. The van der Waals surface area contributed by atoms with E-state index in [1.165, 1.54) is 22.5 Å². The maximum atomic E-state index is 13.5. The number of carbonyl (C=O) groups excluding carboxylic acids is 1. The lowest BCUT2D eigenvalue weighted by Crippen LogP contribution is -2.44. The summed E-state index contributed by atoms with van der Waals surface area (Å²) in [7, 11) is 2.07. The zero-order chi connectivity index (χ0) is 25.0. The van der Waals surface area contributed by atoms with Gasteiger partial charge in [0.15, 0.2) is 5.13 Å². The molecule has 4 rings (SSSR count). The summed E-state index contributed by atoms with van der Waals surface area (Å²) in [6.07, 6.45) is -0.922. The maximum Gasteiger partial charge on any atom is 0.421 e. The van der Waals surface area contributed by atoms with Crippen molar-refractivity contribution in [2.45, 2.75) is 19.5 Å². The van der Waals surface area contributed by atoms with Crippen molar-refractivity contribution >= 4 is 40.1 Å². The number of cyclic esters (lactones) is 1. The zero-order valence-corrected chi connectivity index (χ0v) is 20.2. The molecule has 2 aliphatic heterocycles. The van der Waals surface area contributed by atoms with E-state index in [9.17, 15) is 18.0 Å². The van der Waals surface area contributed by atoms with E-state index in [0.717, 1.165) is 42.4 Å². The number of nitrogens with one attached hydrogen (secondary N) is 2. The summed E-state index contributed by atoms with van der Waals surface area (Å²) in [6, 6.07) is 0. The Labute approximate surface area is 204 Å². The molecule has 190 valence electrons. The molecule has 2 N–H and O–H groups in total. The Morgan fingerprint density at radius 3 is 2.66 bits per heavy atom. The summed E-state index contributed by atoms with van der Waals surface area (Å²) in [5.74, 6) is 0.207. The van der Waals surface area contributed by atoms with Gasteiger partial charge in [0, 0.05) is 56.9 Å². The molecule has 0 aromatic carbocycles. The highest BCUT2D eigenvalue weighted by Crippen LogP contribution is 2.35. The number of thiazole rings is 1. The van der Waals surface area contributed by atoms with Crippen molar-refractivity contribution in [3.05, 3.63) is 29.0 Å². The van der Waals surface area contributed by atoms with Gasteiger partial charge in [-0.3, -0.25) is 0 Å². The van der Waals surface area contributed by atoms with Crippen molar-refractivity contribution < 1.29 is 22.7 Å². The molecule has 0 aliphatic carbocycles. The van der Waals surface area contributed by atoms with E-state index in [0.29, 0.717) is 25.3 Å². The summed E-state index contributed by atoms with van der Waals surface area (Å²) in [5, 5.41) is 6.56. The van der Waals surface area contributed by atoms with Crippen LogP contribution < -0.4 is 15.5 Å². The number of likely N-dealkylation sites (N-methyl/N-ethyl adjacent to an activating group) is 1. The second-order valence-electron chi connectivity index (χ2n) is 8.25. The Bertz CT molecular complexity index is 1070. The summed E-state index contributed by atoms with van der Waals surface area (Å²) in [6.45, 7) is 6.40. The van der Waals surface area contributed by atoms with Gasteiger partial charge in [-0.1, -0.05) is 11.3 Å². The van der Waals surface area contributed by atoms with E-state index >= 15 is 0 Å². The topological polar surface area (TPSA) is 98.8 Å². The second-order valence-corrected chi connectivity index (χ2v) is 9.43. The van der Waals surface area contributed by atoms with Crippen molar-refractivity contribution in [3.63, 3.8) is 0 Å². The molecule has 0 atom stereocenters. The SMILES string of the molecule is Cc1sc(N2CCN(C)CC2)nc1Nc1ncc(C(F)(F)F)c(NCCCN2CC=COC2=O)n1. The number of aryl methyl sites for hydroxylation is 1. The van der Waals surface area contributed by atoms with E-state index in [-0.39, 0.29) is 18.3 Å². The minimum absolute atomic E-state index is 0.0172. The largest absolute Gasteiger partial charge is 0.421 e. The molecule has 2 aliphatic rings. The molecule has 10 nitrogen and oxygen atoms in total. The molecule has 0 spiro atoms. The number of carbonyl (C=O) groups is 1. The lowest BCUT2D eigenvalue weighted by molar-refractivity contribution is -0.137.